The maximum absolute atomic E-state index is 13.6. The van der Waals surface area contributed by atoms with Gasteiger partial charge in [-0.25, -0.2) is 4.79 Å². The molecule has 2 aromatic rings. The van der Waals surface area contributed by atoms with E-state index in [4.69, 9.17) is 0 Å². The molecule has 2 atom stereocenters. The number of hydrogen-bond donors (Lipinski definition) is 3. The van der Waals surface area contributed by atoms with Crippen molar-refractivity contribution < 1.29 is 24.6 Å². The van der Waals surface area contributed by atoms with E-state index in [2.05, 4.69) is 5.32 Å². The zero-order valence-corrected chi connectivity index (χ0v) is 18.4. The highest BCUT2D eigenvalue weighted by Gasteiger charge is 2.42. The Balaban J connectivity index is 1.77. The Morgan fingerprint density at radius 3 is 2.39 bits per heavy atom. The number of carbonyl (C=O) groups excluding carboxylic acids is 2. The number of aromatic hydroxyl groups is 1. The molecule has 3 N–H and O–H groups in total. The van der Waals surface area contributed by atoms with Crippen LogP contribution >= 0.6 is 0 Å². The van der Waals surface area contributed by atoms with Crippen molar-refractivity contribution in [3.63, 3.8) is 0 Å². The van der Waals surface area contributed by atoms with Gasteiger partial charge >= 0.3 is 5.97 Å². The van der Waals surface area contributed by atoms with Crippen molar-refractivity contribution in [2.45, 2.75) is 63.7 Å². The van der Waals surface area contributed by atoms with Crippen LogP contribution in [0.5, 0.6) is 5.75 Å². The molecular formula is C24H27N3O6. The number of benzene rings is 1. The SMILES string of the molecule is CC(c1ccccc1)N1C(=O)c2c(O)c(=O)c(C(=O)O)cn2C[C@@H]1C(=O)NC1CCCCC1. The molecule has 9 nitrogen and oxygen atoms in total. The molecule has 2 heterocycles. The van der Waals surface area contributed by atoms with Gasteiger partial charge in [-0.3, -0.25) is 14.4 Å². The maximum Gasteiger partial charge on any atom is 0.341 e. The molecule has 1 unspecified atom stereocenters. The van der Waals surface area contributed by atoms with Gasteiger partial charge in [0.2, 0.25) is 11.3 Å². The van der Waals surface area contributed by atoms with Gasteiger partial charge in [0.15, 0.2) is 11.4 Å². The standard InChI is InChI=1S/C24H27N3O6/c1-14(15-8-4-2-5-9-15)27-18(22(30)25-16-10-6-3-7-11-16)13-26-12-17(24(32)33)20(28)21(29)19(26)23(27)31/h2,4-5,8-9,12,14,16,18,29H,3,6-7,10-11,13H2,1H3,(H,25,30)(H,32,33)/t14?,18-/m1/s1. The van der Waals surface area contributed by atoms with Crippen molar-refractivity contribution in [3.8, 4) is 5.75 Å². The quantitative estimate of drug-likeness (QED) is 0.637. The summed E-state index contributed by atoms with van der Waals surface area (Å²) in [6.07, 6.45) is 5.95. The van der Waals surface area contributed by atoms with Crippen LogP contribution in [0.3, 0.4) is 0 Å². The van der Waals surface area contributed by atoms with E-state index in [0.717, 1.165) is 43.9 Å². The van der Waals surface area contributed by atoms with Gasteiger partial charge in [0, 0.05) is 12.2 Å². The number of aromatic nitrogens is 1. The lowest BCUT2D eigenvalue weighted by atomic mass is 9.94. The molecule has 1 aliphatic heterocycles. The minimum Gasteiger partial charge on any atom is -0.503 e. The molecule has 174 valence electrons. The molecule has 1 aromatic heterocycles. The van der Waals surface area contributed by atoms with Crippen LogP contribution in [0.15, 0.2) is 41.3 Å². The third-order valence-electron chi connectivity index (χ3n) is 6.58. The molecule has 0 radical (unpaired) electrons. The number of carbonyl (C=O) groups is 3. The van der Waals surface area contributed by atoms with Gasteiger partial charge in [-0.15, -0.1) is 0 Å². The average Bonchev–Trinajstić information content (AvgIpc) is 2.81. The molecule has 1 aromatic carbocycles. The maximum atomic E-state index is 13.6. The third kappa shape index (κ3) is 4.22. The summed E-state index contributed by atoms with van der Waals surface area (Å²) >= 11 is 0. The fourth-order valence-electron chi connectivity index (χ4n) is 4.80. The summed E-state index contributed by atoms with van der Waals surface area (Å²) in [5, 5.41) is 22.8. The average molecular weight is 453 g/mol. The van der Waals surface area contributed by atoms with E-state index >= 15 is 0 Å². The molecule has 0 spiro atoms. The molecule has 0 bridgehead atoms. The number of nitrogens with zero attached hydrogens (tertiary/aromatic N) is 2. The zero-order chi connectivity index (χ0) is 23.7. The lowest BCUT2D eigenvalue weighted by Gasteiger charge is -2.41. The summed E-state index contributed by atoms with van der Waals surface area (Å²) in [4.78, 5) is 52.2. The molecule has 2 amide bonds. The minimum absolute atomic E-state index is 0.0219. The van der Waals surface area contributed by atoms with Crippen molar-refractivity contribution >= 4 is 17.8 Å². The first-order valence-corrected chi connectivity index (χ1v) is 11.2. The highest BCUT2D eigenvalue weighted by atomic mass is 16.4. The fraction of sp³-hybridized carbons (Fsp3) is 0.417. The smallest absolute Gasteiger partial charge is 0.341 e. The van der Waals surface area contributed by atoms with Crippen molar-refractivity contribution in [1.29, 1.82) is 0 Å². The molecule has 1 aliphatic carbocycles. The monoisotopic (exact) mass is 453 g/mol. The normalized spacial score (nSPS) is 19.6. The molecule has 0 saturated heterocycles. The minimum atomic E-state index is -1.51. The summed E-state index contributed by atoms with van der Waals surface area (Å²) in [5.41, 5.74) is -1.30. The summed E-state index contributed by atoms with van der Waals surface area (Å²) in [6, 6.07) is 7.73. The molecule has 33 heavy (non-hydrogen) atoms. The van der Waals surface area contributed by atoms with Crippen LogP contribution in [0.4, 0.5) is 0 Å². The van der Waals surface area contributed by atoms with Gasteiger partial charge in [0.1, 0.15) is 11.6 Å². The lowest BCUT2D eigenvalue weighted by Crippen LogP contribution is -2.57. The molecule has 1 saturated carbocycles. The number of pyridine rings is 1. The van der Waals surface area contributed by atoms with Crippen molar-refractivity contribution in [2.75, 3.05) is 0 Å². The van der Waals surface area contributed by atoms with Crippen LogP contribution < -0.4 is 10.7 Å². The van der Waals surface area contributed by atoms with Crippen LogP contribution in [0.2, 0.25) is 0 Å². The van der Waals surface area contributed by atoms with E-state index in [9.17, 15) is 29.4 Å². The van der Waals surface area contributed by atoms with Gasteiger partial charge in [0.25, 0.3) is 5.91 Å². The first-order chi connectivity index (χ1) is 15.8. The summed E-state index contributed by atoms with van der Waals surface area (Å²) in [7, 11) is 0. The Morgan fingerprint density at radius 2 is 1.76 bits per heavy atom. The summed E-state index contributed by atoms with van der Waals surface area (Å²) < 4.78 is 1.21. The number of rotatable bonds is 5. The van der Waals surface area contributed by atoms with E-state index in [-0.39, 0.29) is 24.2 Å². The summed E-state index contributed by atoms with van der Waals surface area (Å²) in [5.74, 6) is -3.47. The number of nitrogens with one attached hydrogen (secondary N) is 1. The molecule has 9 heteroatoms. The second kappa shape index (κ2) is 9.09. The predicted octanol–water partition coefficient (Wildman–Crippen LogP) is 2.29. The highest BCUT2D eigenvalue weighted by Crippen LogP contribution is 2.31. The van der Waals surface area contributed by atoms with Gasteiger partial charge in [0.05, 0.1) is 12.6 Å². The van der Waals surface area contributed by atoms with Crippen LogP contribution in [0, 0.1) is 0 Å². The first-order valence-electron chi connectivity index (χ1n) is 11.2. The van der Waals surface area contributed by atoms with E-state index in [0.29, 0.717) is 0 Å². The van der Waals surface area contributed by atoms with E-state index in [1.165, 1.54) is 9.47 Å². The van der Waals surface area contributed by atoms with Gasteiger partial charge in [-0.2, -0.15) is 0 Å². The molecule has 1 fully saturated rings. The van der Waals surface area contributed by atoms with Crippen molar-refractivity contribution in [2.24, 2.45) is 0 Å². The third-order valence-corrected chi connectivity index (χ3v) is 6.58. The number of aromatic carboxylic acids is 1. The number of carboxylic acid groups (broad SMARTS) is 1. The van der Waals surface area contributed by atoms with Crippen LogP contribution in [-0.4, -0.2) is 49.5 Å². The lowest BCUT2D eigenvalue weighted by molar-refractivity contribution is -0.128. The Morgan fingerprint density at radius 1 is 1.09 bits per heavy atom. The second-order valence-electron chi connectivity index (χ2n) is 8.69. The number of carboxylic acids is 1. The zero-order valence-electron chi connectivity index (χ0n) is 18.4. The first kappa shape index (κ1) is 22.6. The van der Waals surface area contributed by atoms with Crippen molar-refractivity contribution in [3.05, 3.63) is 63.6 Å². The molecular weight excluding hydrogens is 426 g/mol. The largest absolute Gasteiger partial charge is 0.503 e. The fourth-order valence-corrected chi connectivity index (χ4v) is 4.80. The second-order valence-corrected chi connectivity index (χ2v) is 8.69. The van der Waals surface area contributed by atoms with Crippen molar-refractivity contribution in [1.82, 2.24) is 14.8 Å². The molecule has 4 rings (SSSR count). The number of amides is 2. The topological polar surface area (TPSA) is 129 Å². The Bertz CT molecular complexity index is 1140. The summed E-state index contributed by atoms with van der Waals surface area (Å²) in [6.45, 7) is 1.70. The van der Waals surface area contributed by atoms with Crippen LogP contribution in [0.25, 0.3) is 0 Å². The van der Waals surface area contributed by atoms with E-state index < -0.39 is 40.7 Å². The van der Waals surface area contributed by atoms with Gasteiger partial charge in [-0.1, -0.05) is 49.6 Å². The van der Waals surface area contributed by atoms with E-state index in [1.807, 2.05) is 30.3 Å². The number of hydrogen-bond acceptors (Lipinski definition) is 5. The predicted molar refractivity (Wildman–Crippen MR) is 119 cm³/mol. The van der Waals surface area contributed by atoms with Crippen LogP contribution in [0.1, 0.15) is 71.5 Å². The van der Waals surface area contributed by atoms with E-state index in [1.54, 1.807) is 6.92 Å². The highest BCUT2D eigenvalue weighted by molar-refractivity contribution is 6.00. The Kier molecular flexibility index (Phi) is 6.22. The Hall–Kier alpha value is -3.62. The van der Waals surface area contributed by atoms with Gasteiger partial charge < -0.3 is 25.0 Å². The number of fused-ring (bicyclic) bond motifs is 1. The van der Waals surface area contributed by atoms with Gasteiger partial charge in [-0.05, 0) is 25.3 Å². The molecule has 2 aliphatic rings. The Labute approximate surface area is 190 Å². The van der Waals surface area contributed by atoms with Crippen LogP contribution in [-0.2, 0) is 11.3 Å².